The van der Waals surface area contributed by atoms with Crippen LogP contribution in [0.5, 0.6) is 11.5 Å². The summed E-state index contributed by atoms with van der Waals surface area (Å²) in [5.41, 5.74) is 1.54. The third kappa shape index (κ3) is 2.76. The molecule has 0 bridgehead atoms. The number of fused-ring (bicyclic) bond motifs is 1. The first kappa shape index (κ1) is 14.0. The van der Waals surface area contributed by atoms with E-state index in [9.17, 15) is 4.79 Å². The molecule has 0 aliphatic heterocycles. The minimum absolute atomic E-state index is 0.0557. The second-order valence-electron chi connectivity index (χ2n) is 4.35. The lowest BCUT2D eigenvalue weighted by Crippen LogP contribution is -2.21. The van der Waals surface area contributed by atoms with Crippen molar-refractivity contribution in [2.45, 2.75) is 6.42 Å². The Morgan fingerprint density at radius 2 is 2.00 bits per heavy atom. The number of benzene rings is 1. The number of ether oxygens (including phenoxy) is 2. The highest BCUT2D eigenvalue weighted by Crippen LogP contribution is 2.32. The van der Waals surface area contributed by atoms with Gasteiger partial charge in [0.15, 0.2) is 11.5 Å². The van der Waals surface area contributed by atoms with Crippen molar-refractivity contribution in [3.05, 3.63) is 12.1 Å². The minimum atomic E-state index is -0.837. The van der Waals surface area contributed by atoms with E-state index in [0.717, 1.165) is 11.0 Å². The van der Waals surface area contributed by atoms with Gasteiger partial charge in [0, 0.05) is 25.7 Å². The predicted octanol–water partition coefficient (Wildman–Crippen LogP) is 1.49. The molecule has 2 N–H and O–H groups in total. The van der Waals surface area contributed by atoms with Gasteiger partial charge in [-0.25, -0.2) is 4.98 Å². The molecular formula is C13H17N3O4. The van der Waals surface area contributed by atoms with E-state index in [1.54, 1.807) is 38.3 Å². The van der Waals surface area contributed by atoms with Crippen LogP contribution in [0.3, 0.4) is 0 Å². The van der Waals surface area contributed by atoms with Gasteiger partial charge in [0.2, 0.25) is 5.95 Å². The quantitative estimate of drug-likeness (QED) is 0.833. The Balaban J connectivity index is 2.30. The Kier molecular flexibility index (Phi) is 3.97. The Morgan fingerprint density at radius 1 is 1.35 bits per heavy atom. The molecule has 0 radical (unpaired) electrons. The van der Waals surface area contributed by atoms with Gasteiger partial charge in [0.05, 0.1) is 31.7 Å². The van der Waals surface area contributed by atoms with Gasteiger partial charge < -0.3 is 24.5 Å². The van der Waals surface area contributed by atoms with E-state index in [2.05, 4.69) is 9.97 Å². The van der Waals surface area contributed by atoms with Gasteiger partial charge in [0.1, 0.15) is 0 Å². The van der Waals surface area contributed by atoms with Gasteiger partial charge in [0.25, 0.3) is 0 Å². The van der Waals surface area contributed by atoms with E-state index in [-0.39, 0.29) is 6.42 Å². The zero-order valence-corrected chi connectivity index (χ0v) is 11.6. The standard InChI is InChI=1S/C13H17N3O4/c1-16(5-4-12(17)18)13-14-8-6-10(19-2)11(20-3)7-9(8)15-13/h6-7H,4-5H2,1-3H3,(H,14,15)(H,17,18). The van der Waals surface area contributed by atoms with Crippen LogP contribution in [-0.4, -0.2) is 48.9 Å². The summed E-state index contributed by atoms with van der Waals surface area (Å²) in [6.45, 7) is 0.378. The second-order valence-corrected chi connectivity index (χ2v) is 4.35. The van der Waals surface area contributed by atoms with Gasteiger partial charge in [-0.15, -0.1) is 0 Å². The van der Waals surface area contributed by atoms with Gasteiger partial charge in [-0.1, -0.05) is 0 Å². The second kappa shape index (κ2) is 5.68. The van der Waals surface area contributed by atoms with Crippen molar-refractivity contribution in [3.8, 4) is 11.5 Å². The number of rotatable bonds is 6. The van der Waals surface area contributed by atoms with Crippen LogP contribution in [0.2, 0.25) is 0 Å². The zero-order chi connectivity index (χ0) is 14.7. The minimum Gasteiger partial charge on any atom is -0.493 e. The van der Waals surface area contributed by atoms with Crippen molar-refractivity contribution >= 4 is 23.0 Å². The number of aromatic amines is 1. The van der Waals surface area contributed by atoms with Crippen LogP contribution in [0.4, 0.5) is 5.95 Å². The molecular weight excluding hydrogens is 262 g/mol. The number of aliphatic carboxylic acids is 1. The highest BCUT2D eigenvalue weighted by atomic mass is 16.5. The first-order chi connectivity index (χ1) is 9.55. The van der Waals surface area contributed by atoms with Crippen LogP contribution >= 0.6 is 0 Å². The summed E-state index contributed by atoms with van der Waals surface area (Å²) in [5.74, 6) is 0.988. The van der Waals surface area contributed by atoms with Gasteiger partial charge in [-0.05, 0) is 0 Å². The maximum Gasteiger partial charge on any atom is 0.305 e. The molecule has 0 fully saturated rings. The van der Waals surface area contributed by atoms with Gasteiger partial charge >= 0.3 is 5.97 Å². The van der Waals surface area contributed by atoms with E-state index < -0.39 is 5.97 Å². The number of carbonyl (C=O) groups is 1. The molecule has 1 aromatic carbocycles. The number of aromatic nitrogens is 2. The number of H-pyrrole nitrogens is 1. The molecule has 7 heteroatoms. The van der Waals surface area contributed by atoms with Crippen LogP contribution in [0.1, 0.15) is 6.42 Å². The van der Waals surface area contributed by atoms with Crippen molar-refractivity contribution in [1.29, 1.82) is 0 Å². The summed E-state index contributed by atoms with van der Waals surface area (Å²) >= 11 is 0. The van der Waals surface area contributed by atoms with Crippen molar-refractivity contribution in [2.24, 2.45) is 0 Å². The highest BCUT2D eigenvalue weighted by molar-refractivity contribution is 5.82. The van der Waals surface area contributed by atoms with E-state index in [0.29, 0.717) is 24.0 Å². The van der Waals surface area contributed by atoms with Crippen LogP contribution < -0.4 is 14.4 Å². The van der Waals surface area contributed by atoms with Crippen LogP contribution in [0.15, 0.2) is 12.1 Å². The molecule has 0 aliphatic carbocycles. The lowest BCUT2D eigenvalue weighted by atomic mass is 10.3. The van der Waals surface area contributed by atoms with E-state index >= 15 is 0 Å². The molecule has 0 saturated heterocycles. The average Bonchev–Trinajstić information content (AvgIpc) is 2.85. The Hall–Kier alpha value is -2.44. The summed E-state index contributed by atoms with van der Waals surface area (Å²) in [4.78, 5) is 19.9. The maximum absolute atomic E-state index is 10.6. The fourth-order valence-corrected chi connectivity index (χ4v) is 1.87. The molecule has 1 heterocycles. The average molecular weight is 279 g/mol. The van der Waals surface area contributed by atoms with E-state index in [4.69, 9.17) is 14.6 Å². The van der Waals surface area contributed by atoms with Gasteiger partial charge in [-0.3, -0.25) is 4.79 Å². The largest absolute Gasteiger partial charge is 0.493 e. The highest BCUT2D eigenvalue weighted by Gasteiger charge is 2.12. The molecule has 0 atom stereocenters. The summed E-state index contributed by atoms with van der Waals surface area (Å²) in [5, 5.41) is 8.70. The zero-order valence-electron chi connectivity index (χ0n) is 11.6. The van der Waals surface area contributed by atoms with Crippen molar-refractivity contribution in [3.63, 3.8) is 0 Å². The number of nitrogens with zero attached hydrogens (tertiary/aromatic N) is 2. The number of nitrogens with one attached hydrogen (secondary N) is 1. The fourth-order valence-electron chi connectivity index (χ4n) is 1.87. The SMILES string of the molecule is COc1cc2nc(N(C)CCC(=O)O)[nH]c2cc1OC. The summed E-state index contributed by atoms with van der Waals surface area (Å²) in [7, 11) is 4.92. The number of carboxylic acid groups (broad SMARTS) is 1. The van der Waals surface area contributed by atoms with Crippen molar-refractivity contribution in [2.75, 3.05) is 32.7 Å². The Labute approximate surface area is 116 Å². The van der Waals surface area contributed by atoms with Crippen molar-refractivity contribution < 1.29 is 19.4 Å². The predicted molar refractivity (Wildman–Crippen MR) is 74.7 cm³/mol. The number of imidazole rings is 1. The van der Waals surface area contributed by atoms with Crippen LogP contribution in [-0.2, 0) is 4.79 Å². The number of hydrogen-bond acceptors (Lipinski definition) is 5. The molecule has 2 aromatic rings. The molecule has 0 aliphatic rings. The molecule has 0 saturated carbocycles. The Morgan fingerprint density at radius 3 is 2.60 bits per heavy atom. The van der Waals surface area contributed by atoms with Crippen LogP contribution in [0.25, 0.3) is 11.0 Å². The summed E-state index contributed by atoms with van der Waals surface area (Å²) < 4.78 is 10.5. The first-order valence-corrected chi connectivity index (χ1v) is 6.09. The van der Waals surface area contributed by atoms with Crippen molar-refractivity contribution in [1.82, 2.24) is 9.97 Å². The topological polar surface area (TPSA) is 87.7 Å². The Bertz CT molecular complexity index is 582. The molecule has 0 amide bonds. The smallest absolute Gasteiger partial charge is 0.305 e. The van der Waals surface area contributed by atoms with Crippen LogP contribution in [0, 0.1) is 0 Å². The monoisotopic (exact) mass is 279 g/mol. The molecule has 108 valence electrons. The van der Waals surface area contributed by atoms with E-state index in [1.807, 2.05) is 0 Å². The molecule has 0 unspecified atom stereocenters. The maximum atomic E-state index is 10.6. The lowest BCUT2D eigenvalue weighted by Gasteiger charge is -2.13. The number of hydrogen-bond donors (Lipinski definition) is 2. The number of carboxylic acids is 1. The van der Waals surface area contributed by atoms with E-state index in [1.165, 1.54) is 0 Å². The number of anilines is 1. The lowest BCUT2D eigenvalue weighted by molar-refractivity contribution is -0.136. The number of methoxy groups -OCH3 is 2. The molecule has 0 spiro atoms. The summed E-state index contributed by atoms with van der Waals surface area (Å²) in [6.07, 6.45) is 0.0557. The third-order valence-corrected chi connectivity index (χ3v) is 3.00. The molecule has 1 aromatic heterocycles. The van der Waals surface area contributed by atoms with Gasteiger partial charge in [-0.2, -0.15) is 0 Å². The molecule has 20 heavy (non-hydrogen) atoms. The fraction of sp³-hybridized carbons (Fsp3) is 0.385. The molecule has 7 nitrogen and oxygen atoms in total. The first-order valence-electron chi connectivity index (χ1n) is 6.09. The molecule has 2 rings (SSSR count). The normalized spacial score (nSPS) is 10.6. The third-order valence-electron chi connectivity index (χ3n) is 3.00. The summed E-state index contributed by atoms with van der Waals surface area (Å²) in [6, 6.07) is 3.58.